The van der Waals surface area contributed by atoms with Crippen molar-refractivity contribution in [3.05, 3.63) is 52.8 Å². The minimum atomic E-state index is -0.187. The summed E-state index contributed by atoms with van der Waals surface area (Å²) in [5, 5.41) is 0. The second-order valence-corrected chi connectivity index (χ2v) is 6.51. The van der Waals surface area contributed by atoms with Gasteiger partial charge in [-0.15, -0.1) is 0 Å². The van der Waals surface area contributed by atoms with E-state index in [1.54, 1.807) is 0 Å². The maximum Gasteiger partial charge on any atom is 0.269 e. The first-order valence-electron chi connectivity index (χ1n) is 8.60. The van der Waals surface area contributed by atoms with E-state index in [0.717, 1.165) is 11.4 Å². The Hall–Kier alpha value is -2.43. The number of nitrogens with zero attached hydrogens (tertiary/aromatic N) is 2. The van der Waals surface area contributed by atoms with Gasteiger partial charge in [-0.2, -0.15) is 0 Å². The maximum atomic E-state index is 12.2. The lowest BCUT2D eigenvalue weighted by Gasteiger charge is -2.22. The Balaban J connectivity index is 1.60. The Morgan fingerprint density at radius 1 is 1.00 bits per heavy atom. The fourth-order valence-corrected chi connectivity index (χ4v) is 3.31. The van der Waals surface area contributed by atoms with Crippen LogP contribution >= 0.6 is 0 Å². The molecule has 0 radical (unpaired) electrons. The zero-order chi connectivity index (χ0) is 16.9. The average Bonchev–Trinajstić information content (AvgIpc) is 2.60. The second kappa shape index (κ2) is 7.43. The van der Waals surface area contributed by atoms with Crippen LogP contribution in [0.5, 0.6) is 0 Å². The molecule has 1 aliphatic rings. The number of aryl methyl sites for hydroxylation is 2. The lowest BCUT2D eigenvalue weighted by molar-refractivity contribution is 0.0962. The predicted molar refractivity (Wildman–Crippen MR) is 94.9 cm³/mol. The molecule has 0 aliphatic heterocycles. The summed E-state index contributed by atoms with van der Waals surface area (Å²) in [5.74, 6) is 0.866. The number of rotatable bonds is 4. The summed E-state index contributed by atoms with van der Waals surface area (Å²) in [4.78, 5) is 20.7. The van der Waals surface area contributed by atoms with Crippen LogP contribution in [0.3, 0.4) is 0 Å². The fraction of sp³-hybridized carbons (Fsp3) is 0.421. The SMILES string of the molecule is Cc1cc(C)nc(NNC(=O)c2ccc(C3CCCCC3)cc2)n1. The molecular formula is C19H24N4O. The van der Waals surface area contributed by atoms with Crippen molar-refractivity contribution in [1.82, 2.24) is 15.4 Å². The summed E-state index contributed by atoms with van der Waals surface area (Å²) in [6, 6.07) is 9.83. The highest BCUT2D eigenvalue weighted by Crippen LogP contribution is 2.32. The van der Waals surface area contributed by atoms with Crippen molar-refractivity contribution in [3.63, 3.8) is 0 Å². The number of amides is 1. The molecule has 0 atom stereocenters. The van der Waals surface area contributed by atoms with Gasteiger partial charge in [-0.05, 0) is 56.4 Å². The van der Waals surface area contributed by atoms with Gasteiger partial charge >= 0.3 is 0 Å². The van der Waals surface area contributed by atoms with Crippen molar-refractivity contribution in [2.24, 2.45) is 0 Å². The first kappa shape index (κ1) is 16.4. The lowest BCUT2D eigenvalue weighted by atomic mass is 9.84. The number of hydrazine groups is 1. The number of aromatic nitrogens is 2. The summed E-state index contributed by atoms with van der Waals surface area (Å²) >= 11 is 0. The fourth-order valence-electron chi connectivity index (χ4n) is 3.31. The van der Waals surface area contributed by atoms with Crippen LogP contribution in [-0.4, -0.2) is 15.9 Å². The van der Waals surface area contributed by atoms with Crippen molar-refractivity contribution in [2.75, 3.05) is 5.43 Å². The quantitative estimate of drug-likeness (QED) is 0.837. The van der Waals surface area contributed by atoms with Crippen molar-refractivity contribution in [1.29, 1.82) is 0 Å². The van der Waals surface area contributed by atoms with E-state index in [4.69, 9.17) is 0 Å². The van der Waals surface area contributed by atoms with Gasteiger partial charge in [-0.1, -0.05) is 31.4 Å². The molecule has 126 valence electrons. The summed E-state index contributed by atoms with van der Waals surface area (Å²) in [7, 11) is 0. The molecule has 1 saturated carbocycles. The van der Waals surface area contributed by atoms with E-state index < -0.39 is 0 Å². The monoisotopic (exact) mass is 324 g/mol. The highest BCUT2D eigenvalue weighted by molar-refractivity contribution is 5.94. The lowest BCUT2D eigenvalue weighted by Crippen LogP contribution is -2.30. The van der Waals surface area contributed by atoms with E-state index in [-0.39, 0.29) is 5.91 Å². The first-order valence-corrected chi connectivity index (χ1v) is 8.60. The Morgan fingerprint density at radius 2 is 1.62 bits per heavy atom. The highest BCUT2D eigenvalue weighted by atomic mass is 16.2. The standard InChI is InChI=1S/C19H24N4O/c1-13-12-14(2)21-19(20-13)23-22-18(24)17-10-8-16(9-11-17)15-6-4-3-5-7-15/h8-12,15H,3-7H2,1-2H3,(H,22,24)(H,20,21,23). The maximum absolute atomic E-state index is 12.2. The molecule has 0 spiro atoms. The number of hydrogen-bond donors (Lipinski definition) is 2. The molecule has 1 amide bonds. The number of carbonyl (C=O) groups excluding carboxylic acids is 1. The van der Waals surface area contributed by atoms with E-state index >= 15 is 0 Å². The van der Waals surface area contributed by atoms with Crippen LogP contribution < -0.4 is 10.9 Å². The zero-order valence-electron chi connectivity index (χ0n) is 14.3. The van der Waals surface area contributed by atoms with Gasteiger partial charge in [0.1, 0.15) is 0 Å². The molecule has 3 rings (SSSR count). The molecule has 5 heteroatoms. The molecule has 5 nitrogen and oxygen atoms in total. The van der Waals surface area contributed by atoms with Gasteiger partial charge in [0, 0.05) is 17.0 Å². The summed E-state index contributed by atoms with van der Waals surface area (Å²) in [6.45, 7) is 3.79. The second-order valence-electron chi connectivity index (χ2n) is 6.51. The number of nitrogens with one attached hydrogen (secondary N) is 2. The summed E-state index contributed by atoms with van der Waals surface area (Å²) in [5.41, 5.74) is 9.13. The van der Waals surface area contributed by atoms with Crippen LogP contribution in [-0.2, 0) is 0 Å². The molecule has 1 fully saturated rings. The highest BCUT2D eigenvalue weighted by Gasteiger charge is 2.16. The molecule has 1 aromatic carbocycles. The normalized spacial score (nSPS) is 15.1. The van der Waals surface area contributed by atoms with E-state index in [0.29, 0.717) is 17.4 Å². The average molecular weight is 324 g/mol. The van der Waals surface area contributed by atoms with Crippen molar-refractivity contribution >= 4 is 11.9 Å². The molecular weight excluding hydrogens is 300 g/mol. The Bertz CT molecular complexity index is 686. The molecule has 24 heavy (non-hydrogen) atoms. The van der Waals surface area contributed by atoms with Gasteiger partial charge in [0.25, 0.3) is 5.91 Å². The van der Waals surface area contributed by atoms with Crippen LogP contribution in [0.25, 0.3) is 0 Å². The van der Waals surface area contributed by atoms with Gasteiger partial charge in [-0.3, -0.25) is 15.6 Å². The van der Waals surface area contributed by atoms with Crippen LogP contribution in [0, 0.1) is 13.8 Å². The van der Waals surface area contributed by atoms with Gasteiger partial charge in [0.05, 0.1) is 0 Å². The molecule has 0 saturated heterocycles. The molecule has 0 bridgehead atoms. The molecule has 2 N–H and O–H groups in total. The van der Waals surface area contributed by atoms with Gasteiger partial charge in [0.2, 0.25) is 5.95 Å². The van der Waals surface area contributed by atoms with E-state index in [1.807, 2.05) is 32.0 Å². The smallest absolute Gasteiger partial charge is 0.267 e. The van der Waals surface area contributed by atoms with Gasteiger partial charge in [0.15, 0.2) is 0 Å². The third-order valence-electron chi connectivity index (χ3n) is 4.52. The number of benzene rings is 1. The van der Waals surface area contributed by atoms with Crippen LogP contribution in [0.4, 0.5) is 5.95 Å². The van der Waals surface area contributed by atoms with Crippen molar-refractivity contribution in [2.45, 2.75) is 51.9 Å². The minimum Gasteiger partial charge on any atom is -0.267 e. The third-order valence-corrected chi connectivity index (χ3v) is 4.52. The van der Waals surface area contributed by atoms with Gasteiger partial charge in [-0.25, -0.2) is 9.97 Å². The first-order chi connectivity index (χ1) is 11.6. The topological polar surface area (TPSA) is 66.9 Å². The Kier molecular flexibility index (Phi) is 5.08. The van der Waals surface area contributed by atoms with Crippen LogP contribution in [0.2, 0.25) is 0 Å². The van der Waals surface area contributed by atoms with Crippen molar-refractivity contribution in [3.8, 4) is 0 Å². The number of carbonyl (C=O) groups is 1. The Morgan fingerprint density at radius 3 is 2.25 bits per heavy atom. The van der Waals surface area contributed by atoms with Gasteiger partial charge < -0.3 is 0 Å². The Labute approximate surface area is 142 Å². The van der Waals surface area contributed by atoms with E-state index in [2.05, 4.69) is 33.0 Å². The minimum absolute atomic E-state index is 0.187. The largest absolute Gasteiger partial charge is 0.269 e. The predicted octanol–water partition coefficient (Wildman–Crippen LogP) is 3.90. The zero-order valence-corrected chi connectivity index (χ0v) is 14.3. The molecule has 2 aromatic rings. The van der Waals surface area contributed by atoms with Crippen LogP contribution in [0.1, 0.15) is 65.3 Å². The summed E-state index contributed by atoms with van der Waals surface area (Å²) < 4.78 is 0. The molecule has 0 unspecified atom stereocenters. The molecule has 1 aromatic heterocycles. The molecule has 1 heterocycles. The van der Waals surface area contributed by atoms with E-state index in [1.165, 1.54) is 37.7 Å². The number of anilines is 1. The number of hydrogen-bond acceptors (Lipinski definition) is 4. The van der Waals surface area contributed by atoms with Crippen LogP contribution in [0.15, 0.2) is 30.3 Å². The third kappa shape index (κ3) is 4.10. The van der Waals surface area contributed by atoms with Crippen molar-refractivity contribution < 1.29 is 4.79 Å². The molecule has 1 aliphatic carbocycles. The summed E-state index contributed by atoms with van der Waals surface area (Å²) in [6.07, 6.45) is 6.50. The van der Waals surface area contributed by atoms with E-state index in [9.17, 15) is 4.79 Å².